The molecule has 6 heteroatoms. The van der Waals surface area contributed by atoms with Crippen molar-refractivity contribution in [1.29, 1.82) is 0 Å². The molecule has 0 saturated heterocycles. The van der Waals surface area contributed by atoms with Gasteiger partial charge in [-0.25, -0.2) is 0 Å². The molecule has 0 amide bonds. The minimum Gasteiger partial charge on any atom is -0.462 e. The molecule has 0 radical (unpaired) electrons. The molecule has 0 aliphatic rings. The minimum atomic E-state index is -0.834. The van der Waals surface area contributed by atoms with Crippen molar-refractivity contribution in [2.24, 2.45) is 0 Å². The monoisotopic (exact) mass is 857 g/mol. The van der Waals surface area contributed by atoms with Crippen LogP contribution in [0.1, 0.15) is 194 Å². The van der Waals surface area contributed by atoms with Crippen LogP contribution in [0.25, 0.3) is 0 Å². The first-order chi connectivity index (χ1) is 30.5. The quantitative estimate of drug-likeness (QED) is 0.0263. The van der Waals surface area contributed by atoms with Gasteiger partial charge in [0.1, 0.15) is 13.2 Å². The highest BCUT2D eigenvalue weighted by Crippen LogP contribution is 2.13. The van der Waals surface area contributed by atoms with Gasteiger partial charge in [0, 0.05) is 19.3 Å². The SMILES string of the molecule is CC/C=C\C/C=C\C/C=C\C/C=C\C/C=C\CCC(=O)OC(COC(=O)CCCC/C=C\C/C=C\CC)COC(=O)CCCCCCCCCCC/C=C\C/C=C\C/C=C\CC. The van der Waals surface area contributed by atoms with Gasteiger partial charge in [0.25, 0.3) is 0 Å². The van der Waals surface area contributed by atoms with Crippen LogP contribution in [0.4, 0.5) is 0 Å². The molecule has 348 valence electrons. The topological polar surface area (TPSA) is 78.9 Å². The van der Waals surface area contributed by atoms with Gasteiger partial charge in [-0.05, 0) is 109 Å². The molecule has 0 N–H and O–H groups in total. The summed E-state index contributed by atoms with van der Waals surface area (Å²) in [6.07, 6.45) is 67.8. The van der Waals surface area contributed by atoms with Crippen molar-refractivity contribution in [3.63, 3.8) is 0 Å². The Morgan fingerprint density at radius 3 is 1.00 bits per heavy atom. The van der Waals surface area contributed by atoms with Gasteiger partial charge in [-0.3, -0.25) is 14.4 Å². The molecule has 0 aromatic carbocycles. The minimum absolute atomic E-state index is 0.124. The van der Waals surface area contributed by atoms with E-state index in [0.29, 0.717) is 19.3 Å². The van der Waals surface area contributed by atoms with Crippen LogP contribution in [-0.4, -0.2) is 37.2 Å². The normalized spacial score (nSPS) is 13.1. The zero-order valence-electron chi connectivity index (χ0n) is 39.6. The van der Waals surface area contributed by atoms with Gasteiger partial charge in [0.2, 0.25) is 0 Å². The molecule has 0 fully saturated rings. The Balaban J connectivity index is 4.47. The molecule has 1 atom stereocenters. The van der Waals surface area contributed by atoms with E-state index in [0.717, 1.165) is 109 Å². The summed E-state index contributed by atoms with van der Waals surface area (Å²) in [5.74, 6) is -1.06. The number of carbonyl (C=O) groups is 3. The summed E-state index contributed by atoms with van der Waals surface area (Å²) in [6, 6.07) is 0. The van der Waals surface area contributed by atoms with Crippen LogP contribution in [0.3, 0.4) is 0 Å². The predicted molar refractivity (Wildman–Crippen MR) is 265 cm³/mol. The molecule has 0 aliphatic heterocycles. The first kappa shape index (κ1) is 57.8. The smallest absolute Gasteiger partial charge is 0.306 e. The third-order valence-electron chi connectivity index (χ3n) is 9.71. The van der Waals surface area contributed by atoms with Crippen molar-refractivity contribution in [2.45, 2.75) is 200 Å². The fraction of sp³-hybridized carbons (Fsp3) is 0.589. The fourth-order valence-corrected chi connectivity index (χ4v) is 6.13. The molecule has 0 aliphatic carbocycles. The third-order valence-corrected chi connectivity index (χ3v) is 9.71. The second-order valence-corrected chi connectivity index (χ2v) is 15.6. The van der Waals surface area contributed by atoms with Crippen LogP contribution < -0.4 is 0 Å². The number of unbranched alkanes of at least 4 members (excludes halogenated alkanes) is 11. The van der Waals surface area contributed by atoms with E-state index in [4.69, 9.17) is 14.2 Å². The lowest BCUT2D eigenvalue weighted by molar-refractivity contribution is -0.166. The second kappa shape index (κ2) is 49.5. The van der Waals surface area contributed by atoms with Crippen molar-refractivity contribution in [3.8, 4) is 0 Å². The van der Waals surface area contributed by atoms with Gasteiger partial charge in [-0.2, -0.15) is 0 Å². The van der Waals surface area contributed by atoms with E-state index in [9.17, 15) is 14.4 Å². The van der Waals surface area contributed by atoms with Crippen LogP contribution in [-0.2, 0) is 28.6 Å². The maximum absolute atomic E-state index is 12.7. The summed E-state index contributed by atoms with van der Waals surface area (Å²) in [5, 5.41) is 0. The molecule has 0 bridgehead atoms. The molecule has 62 heavy (non-hydrogen) atoms. The summed E-state index contributed by atoms with van der Waals surface area (Å²) in [5.41, 5.74) is 0. The van der Waals surface area contributed by atoms with Gasteiger partial charge in [0.15, 0.2) is 6.10 Å². The highest BCUT2D eigenvalue weighted by atomic mass is 16.6. The average Bonchev–Trinajstić information content (AvgIpc) is 3.27. The Morgan fingerprint density at radius 1 is 0.323 bits per heavy atom. The Hall–Kier alpha value is -4.19. The largest absolute Gasteiger partial charge is 0.462 e. The lowest BCUT2D eigenvalue weighted by atomic mass is 10.1. The molecule has 0 rings (SSSR count). The number of hydrogen-bond acceptors (Lipinski definition) is 6. The fourth-order valence-electron chi connectivity index (χ4n) is 6.13. The van der Waals surface area contributed by atoms with Crippen molar-refractivity contribution >= 4 is 17.9 Å². The highest BCUT2D eigenvalue weighted by Gasteiger charge is 2.19. The summed E-state index contributed by atoms with van der Waals surface area (Å²) in [4.78, 5) is 37.8. The lowest BCUT2D eigenvalue weighted by Gasteiger charge is -2.18. The molecule has 0 saturated carbocycles. The Morgan fingerprint density at radius 2 is 0.613 bits per heavy atom. The zero-order valence-corrected chi connectivity index (χ0v) is 39.6. The molecule has 1 unspecified atom stereocenters. The van der Waals surface area contributed by atoms with E-state index >= 15 is 0 Å². The van der Waals surface area contributed by atoms with Crippen LogP contribution in [0, 0.1) is 0 Å². The summed E-state index contributed by atoms with van der Waals surface area (Å²) >= 11 is 0. The predicted octanol–water partition coefficient (Wildman–Crippen LogP) is 16.1. The van der Waals surface area contributed by atoms with Crippen molar-refractivity contribution < 1.29 is 28.6 Å². The van der Waals surface area contributed by atoms with Crippen molar-refractivity contribution in [2.75, 3.05) is 13.2 Å². The van der Waals surface area contributed by atoms with E-state index in [1.54, 1.807) is 0 Å². The maximum Gasteiger partial charge on any atom is 0.306 e. The number of allylic oxidation sites excluding steroid dienone is 20. The Kier molecular flexibility index (Phi) is 46.1. The average molecular weight is 857 g/mol. The van der Waals surface area contributed by atoms with Crippen LogP contribution in [0.2, 0.25) is 0 Å². The Labute approximate surface area is 380 Å². The Bertz CT molecular complexity index is 1350. The van der Waals surface area contributed by atoms with Gasteiger partial charge < -0.3 is 14.2 Å². The second-order valence-electron chi connectivity index (χ2n) is 15.6. The van der Waals surface area contributed by atoms with Crippen LogP contribution in [0.5, 0.6) is 0 Å². The third kappa shape index (κ3) is 46.9. The van der Waals surface area contributed by atoms with Crippen LogP contribution >= 0.6 is 0 Å². The summed E-state index contributed by atoms with van der Waals surface area (Å²) < 4.78 is 16.6. The molecule has 0 heterocycles. The number of esters is 3. The summed E-state index contributed by atoms with van der Waals surface area (Å²) in [6.45, 7) is 6.16. The van der Waals surface area contributed by atoms with E-state index in [1.807, 2.05) is 12.2 Å². The molecule has 0 aromatic heterocycles. The molecule has 0 spiro atoms. The zero-order chi connectivity index (χ0) is 45.1. The van der Waals surface area contributed by atoms with Crippen LogP contribution in [0.15, 0.2) is 122 Å². The van der Waals surface area contributed by atoms with E-state index < -0.39 is 12.1 Å². The van der Waals surface area contributed by atoms with Gasteiger partial charge in [0.05, 0.1) is 0 Å². The molecule has 6 nitrogen and oxygen atoms in total. The number of rotatable bonds is 42. The van der Waals surface area contributed by atoms with Gasteiger partial charge >= 0.3 is 17.9 Å². The first-order valence-corrected chi connectivity index (χ1v) is 24.5. The van der Waals surface area contributed by atoms with E-state index in [2.05, 4.69) is 130 Å². The lowest BCUT2D eigenvalue weighted by Crippen LogP contribution is -2.30. The summed E-state index contributed by atoms with van der Waals surface area (Å²) in [7, 11) is 0. The van der Waals surface area contributed by atoms with E-state index in [1.165, 1.54) is 38.5 Å². The standard InChI is InChI=1S/C56H88O6/c1-4-7-10-13-16-19-21-23-25-27-28-29-31-32-34-37-40-43-46-49-55(58)61-52-53(51-60-54(57)48-45-42-39-36-18-15-12-9-6-3)62-56(59)50-47-44-41-38-35-33-30-26-24-22-20-17-14-11-8-5-2/h7-12,16-20,23-26,33,35-36,41,44,53H,4-6,13-15,21-22,27-32,34,37-40,42-43,45-52H2,1-3H3/b10-7-,11-8-,12-9-,19-16-,20-17-,25-23-,26-24-,35-33-,36-18-,44-41-. The molecule has 0 aromatic rings. The van der Waals surface area contributed by atoms with Crippen molar-refractivity contribution in [3.05, 3.63) is 122 Å². The maximum atomic E-state index is 12.7. The van der Waals surface area contributed by atoms with Gasteiger partial charge in [-0.15, -0.1) is 0 Å². The highest BCUT2D eigenvalue weighted by molar-refractivity contribution is 5.71. The molecular weight excluding hydrogens is 769 g/mol. The number of hydrogen-bond donors (Lipinski definition) is 0. The number of ether oxygens (including phenoxy) is 3. The van der Waals surface area contributed by atoms with Gasteiger partial charge in [-0.1, -0.05) is 187 Å². The van der Waals surface area contributed by atoms with Crippen molar-refractivity contribution in [1.82, 2.24) is 0 Å². The molecular formula is C56H88O6. The first-order valence-electron chi connectivity index (χ1n) is 24.5. The number of carbonyl (C=O) groups excluding carboxylic acids is 3. The van der Waals surface area contributed by atoms with E-state index in [-0.39, 0.29) is 31.6 Å².